The number of nitrogens with zero attached hydrogens (tertiary/aromatic N) is 2. The fourth-order valence-corrected chi connectivity index (χ4v) is 1.57. The Morgan fingerprint density at radius 2 is 2.33 bits per heavy atom. The molecule has 0 aliphatic carbocycles. The van der Waals surface area contributed by atoms with E-state index in [1.807, 2.05) is 6.07 Å². The second-order valence-electron chi connectivity index (χ2n) is 3.60. The molecule has 0 amide bonds. The number of hydrogen-bond donors (Lipinski definition) is 2. The van der Waals surface area contributed by atoms with Crippen LogP contribution in [0.15, 0.2) is 18.6 Å². The van der Waals surface area contributed by atoms with E-state index in [1.165, 1.54) is 18.4 Å². The Bertz CT molecular complexity index is 421. The number of aromatic amines is 1. The molecule has 0 aliphatic heterocycles. The lowest BCUT2D eigenvalue weighted by molar-refractivity contribution is 0.643. The average Bonchev–Trinajstić information content (AvgIpc) is 2.73. The van der Waals surface area contributed by atoms with E-state index in [-0.39, 0.29) is 0 Å². The number of pyridine rings is 1. The number of rotatable bonds is 5. The minimum Gasteiger partial charge on any atom is -0.343 e. The minimum absolute atomic E-state index is 0.796. The molecule has 0 atom stereocenters. The van der Waals surface area contributed by atoms with E-state index in [1.54, 1.807) is 12.5 Å². The van der Waals surface area contributed by atoms with Gasteiger partial charge in [-0.3, -0.25) is 0 Å². The summed E-state index contributed by atoms with van der Waals surface area (Å²) in [5, 5.41) is 3.41. The Morgan fingerprint density at radius 3 is 3.20 bits per heavy atom. The molecule has 4 heteroatoms. The maximum absolute atomic E-state index is 4.18. The molecule has 0 unspecified atom stereocenters. The first-order chi connectivity index (χ1) is 7.42. The summed E-state index contributed by atoms with van der Waals surface area (Å²) in [7, 11) is 0. The Kier molecular flexibility index (Phi) is 3.29. The van der Waals surface area contributed by atoms with Crippen molar-refractivity contribution in [2.24, 2.45) is 0 Å². The average molecular weight is 204 g/mol. The molecule has 2 heterocycles. The van der Waals surface area contributed by atoms with Gasteiger partial charge in [-0.25, -0.2) is 9.97 Å². The Hall–Kier alpha value is -1.42. The number of aromatic nitrogens is 3. The number of nitrogens with one attached hydrogen (secondary N) is 2. The maximum Gasteiger partial charge on any atom is 0.177 e. The SMILES string of the molecule is CCCCNCc1ccnc2nc[nH]c12. The van der Waals surface area contributed by atoms with Gasteiger partial charge in [0.1, 0.15) is 0 Å². The van der Waals surface area contributed by atoms with Crippen molar-refractivity contribution in [1.82, 2.24) is 20.3 Å². The predicted molar refractivity (Wildman–Crippen MR) is 60.5 cm³/mol. The summed E-state index contributed by atoms with van der Waals surface area (Å²) in [4.78, 5) is 11.4. The molecular weight excluding hydrogens is 188 g/mol. The van der Waals surface area contributed by atoms with Crippen LogP contribution in [-0.4, -0.2) is 21.5 Å². The molecular formula is C11H16N4. The highest BCUT2D eigenvalue weighted by molar-refractivity contribution is 5.73. The predicted octanol–water partition coefficient (Wildman–Crippen LogP) is 1.85. The van der Waals surface area contributed by atoms with Crippen molar-refractivity contribution in [2.45, 2.75) is 26.3 Å². The number of unbranched alkanes of at least 4 members (excludes halogenated alkanes) is 1. The fourth-order valence-electron chi connectivity index (χ4n) is 1.57. The molecule has 0 spiro atoms. The lowest BCUT2D eigenvalue weighted by Crippen LogP contribution is -2.14. The fraction of sp³-hybridized carbons (Fsp3) is 0.455. The molecule has 0 aromatic carbocycles. The van der Waals surface area contributed by atoms with Gasteiger partial charge in [-0.2, -0.15) is 0 Å². The van der Waals surface area contributed by atoms with Gasteiger partial charge in [0, 0.05) is 12.7 Å². The summed E-state index contributed by atoms with van der Waals surface area (Å²) in [5.41, 5.74) is 3.07. The summed E-state index contributed by atoms with van der Waals surface area (Å²) in [6, 6.07) is 2.03. The Morgan fingerprint density at radius 1 is 1.40 bits per heavy atom. The number of fused-ring (bicyclic) bond motifs is 1. The van der Waals surface area contributed by atoms with Gasteiger partial charge in [0.25, 0.3) is 0 Å². The molecule has 0 saturated heterocycles. The molecule has 15 heavy (non-hydrogen) atoms. The van der Waals surface area contributed by atoms with Crippen LogP contribution >= 0.6 is 0 Å². The van der Waals surface area contributed by atoms with Crippen LogP contribution in [0.1, 0.15) is 25.3 Å². The number of imidazole rings is 1. The summed E-state index contributed by atoms with van der Waals surface area (Å²) >= 11 is 0. The zero-order valence-corrected chi connectivity index (χ0v) is 8.95. The van der Waals surface area contributed by atoms with Gasteiger partial charge in [-0.15, -0.1) is 0 Å². The molecule has 4 nitrogen and oxygen atoms in total. The summed E-state index contributed by atoms with van der Waals surface area (Å²) < 4.78 is 0. The third-order valence-corrected chi connectivity index (χ3v) is 2.44. The van der Waals surface area contributed by atoms with Crippen LogP contribution in [0.2, 0.25) is 0 Å². The topological polar surface area (TPSA) is 53.6 Å². The van der Waals surface area contributed by atoms with Crippen LogP contribution in [-0.2, 0) is 6.54 Å². The van der Waals surface area contributed by atoms with Crippen molar-refractivity contribution in [1.29, 1.82) is 0 Å². The Labute approximate surface area is 89.1 Å². The summed E-state index contributed by atoms with van der Waals surface area (Å²) in [6.45, 7) is 4.14. The van der Waals surface area contributed by atoms with Crippen LogP contribution in [0.5, 0.6) is 0 Å². The lowest BCUT2D eigenvalue weighted by atomic mass is 10.2. The van der Waals surface area contributed by atoms with Gasteiger partial charge in [-0.05, 0) is 24.6 Å². The monoisotopic (exact) mass is 204 g/mol. The molecule has 2 aromatic rings. The summed E-state index contributed by atoms with van der Waals surface area (Å²) in [6.07, 6.45) is 5.94. The second-order valence-corrected chi connectivity index (χ2v) is 3.60. The molecule has 0 saturated carbocycles. The van der Waals surface area contributed by atoms with E-state index < -0.39 is 0 Å². The van der Waals surface area contributed by atoms with Crippen molar-refractivity contribution >= 4 is 11.2 Å². The molecule has 0 fully saturated rings. The van der Waals surface area contributed by atoms with Crippen LogP contribution in [0.3, 0.4) is 0 Å². The van der Waals surface area contributed by atoms with E-state index in [4.69, 9.17) is 0 Å². The molecule has 0 bridgehead atoms. The van der Waals surface area contributed by atoms with Crippen molar-refractivity contribution < 1.29 is 0 Å². The smallest absolute Gasteiger partial charge is 0.177 e. The van der Waals surface area contributed by atoms with Crippen molar-refractivity contribution in [3.05, 3.63) is 24.2 Å². The maximum atomic E-state index is 4.18. The molecule has 0 aliphatic rings. The third kappa shape index (κ3) is 2.33. The van der Waals surface area contributed by atoms with E-state index in [0.717, 1.165) is 24.3 Å². The van der Waals surface area contributed by atoms with Crippen molar-refractivity contribution in [2.75, 3.05) is 6.54 Å². The molecule has 0 radical (unpaired) electrons. The first-order valence-corrected chi connectivity index (χ1v) is 5.39. The van der Waals surface area contributed by atoms with Gasteiger partial charge in [0.05, 0.1) is 11.8 Å². The quantitative estimate of drug-likeness (QED) is 0.731. The molecule has 2 N–H and O–H groups in total. The van der Waals surface area contributed by atoms with Gasteiger partial charge < -0.3 is 10.3 Å². The molecule has 80 valence electrons. The standard InChI is InChI=1S/C11H16N4/c1-2-3-5-12-7-9-4-6-13-11-10(9)14-8-15-11/h4,6,8,12H,2-3,5,7H2,1H3,(H,13,14,15). The first kappa shape index (κ1) is 10.1. The van der Waals surface area contributed by atoms with E-state index in [2.05, 4.69) is 27.2 Å². The zero-order valence-electron chi connectivity index (χ0n) is 8.95. The molecule has 2 rings (SSSR count). The molecule has 2 aromatic heterocycles. The highest BCUT2D eigenvalue weighted by atomic mass is 15.0. The van der Waals surface area contributed by atoms with Crippen molar-refractivity contribution in [3.8, 4) is 0 Å². The zero-order chi connectivity index (χ0) is 10.5. The highest BCUT2D eigenvalue weighted by Crippen LogP contribution is 2.11. The van der Waals surface area contributed by atoms with Crippen LogP contribution in [0.4, 0.5) is 0 Å². The van der Waals surface area contributed by atoms with E-state index in [0.29, 0.717) is 0 Å². The third-order valence-electron chi connectivity index (χ3n) is 2.44. The number of hydrogen-bond acceptors (Lipinski definition) is 3. The van der Waals surface area contributed by atoms with Crippen LogP contribution < -0.4 is 5.32 Å². The van der Waals surface area contributed by atoms with Gasteiger partial charge in [0.2, 0.25) is 0 Å². The largest absolute Gasteiger partial charge is 0.343 e. The Balaban J connectivity index is 2.04. The second kappa shape index (κ2) is 4.89. The normalized spacial score (nSPS) is 11.0. The van der Waals surface area contributed by atoms with Crippen molar-refractivity contribution in [3.63, 3.8) is 0 Å². The van der Waals surface area contributed by atoms with Gasteiger partial charge >= 0.3 is 0 Å². The first-order valence-electron chi connectivity index (χ1n) is 5.39. The lowest BCUT2D eigenvalue weighted by Gasteiger charge is -2.04. The summed E-state index contributed by atoms with van der Waals surface area (Å²) in [5.74, 6) is 0. The highest BCUT2D eigenvalue weighted by Gasteiger charge is 2.02. The number of H-pyrrole nitrogens is 1. The van der Waals surface area contributed by atoms with Gasteiger partial charge in [-0.1, -0.05) is 13.3 Å². The van der Waals surface area contributed by atoms with E-state index >= 15 is 0 Å². The van der Waals surface area contributed by atoms with Crippen LogP contribution in [0, 0.1) is 0 Å². The minimum atomic E-state index is 0.796. The van der Waals surface area contributed by atoms with Crippen LogP contribution in [0.25, 0.3) is 11.2 Å². The van der Waals surface area contributed by atoms with Gasteiger partial charge in [0.15, 0.2) is 5.65 Å². The van der Waals surface area contributed by atoms with E-state index in [9.17, 15) is 0 Å².